The van der Waals surface area contributed by atoms with Crippen molar-refractivity contribution < 1.29 is 9.90 Å². The van der Waals surface area contributed by atoms with Gasteiger partial charge in [0.2, 0.25) is 0 Å². The van der Waals surface area contributed by atoms with Gasteiger partial charge in [0.15, 0.2) is 0 Å². The van der Waals surface area contributed by atoms with E-state index in [0.717, 1.165) is 37.6 Å². The van der Waals surface area contributed by atoms with Gasteiger partial charge in [-0.15, -0.1) is 10.2 Å². The maximum atomic E-state index is 11.2. The van der Waals surface area contributed by atoms with Gasteiger partial charge in [0.1, 0.15) is 11.6 Å². The lowest BCUT2D eigenvalue weighted by atomic mass is 9.98. The summed E-state index contributed by atoms with van der Waals surface area (Å²) >= 11 is 0. The minimum Gasteiger partial charge on any atom is -0.481 e. The van der Waals surface area contributed by atoms with E-state index in [4.69, 9.17) is 0 Å². The normalized spacial score (nSPS) is 26.6. The topological polar surface area (TPSA) is 71.2 Å². The number of aliphatic carboxylic acids is 1. The molecule has 0 amide bonds. The van der Waals surface area contributed by atoms with Crippen LogP contribution in [0.5, 0.6) is 0 Å². The molecule has 3 heterocycles. The Bertz CT molecular complexity index is 499. The highest BCUT2D eigenvalue weighted by Gasteiger charge is 2.29. The average molecular weight is 278 g/mol. The van der Waals surface area contributed by atoms with Crippen LogP contribution in [0.2, 0.25) is 0 Å². The minimum absolute atomic E-state index is 0.284. The van der Waals surface area contributed by atoms with Gasteiger partial charge in [0.05, 0.1) is 5.92 Å². The van der Waals surface area contributed by atoms with Gasteiger partial charge in [0.25, 0.3) is 0 Å². The summed E-state index contributed by atoms with van der Waals surface area (Å²) in [6.07, 6.45) is 3.55. The van der Waals surface area contributed by atoms with Crippen LogP contribution in [0.4, 0.5) is 0 Å². The lowest BCUT2D eigenvalue weighted by molar-refractivity contribution is -0.142. The van der Waals surface area contributed by atoms with Crippen molar-refractivity contribution in [3.8, 4) is 0 Å². The number of hydrogen-bond donors (Lipinski definition) is 1. The summed E-state index contributed by atoms with van der Waals surface area (Å²) in [5, 5.41) is 17.7. The second kappa shape index (κ2) is 5.52. The van der Waals surface area contributed by atoms with E-state index in [-0.39, 0.29) is 5.92 Å². The van der Waals surface area contributed by atoms with Gasteiger partial charge in [-0.2, -0.15) is 0 Å². The monoisotopic (exact) mass is 278 g/mol. The Morgan fingerprint density at radius 2 is 2.20 bits per heavy atom. The Hall–Kier alpha value is -1.43. The van der Waals surface area contributed by atoms with E-state index in [1.54, 1.807) is 0 Å². The molecule has 1 saturated heterocycles. The molecule has 110 valence electrons. The minimum atomic E-state index is -0.701. The van der Waals surface area contributed by atoms with Gasteiger partial charge in [-0.3, -0.25) is 4.79 Å². The Kier molecular flexibility index (Phi) is 3.74. The first-order chi connectivity index (χ1) is 9.67. The predicted octanol–water partition coefficient (Wildman–Crippen LogP) is 0.809. The third-order valence-electron chi connectivity index (χ3n) is 4.66. The first-order valence-corrected chi connectivity index (χ1v) is 7.53. The Balaban J connectivity index is 1.70. The zero-order chi connectivity index (χ0) is 14.1. The SMILES string of the molecule is CCN1CCC(Cc2nnc3n2CC(C(=O)O)CC3)C1. The molecule has 1 N–H and O–H groups in total. The summed E-state index contributed by atoms with van der Waals surface area (Å²) in [5.41, 5.74) is 0. The molecule has 0 aromatic carbocycles. The Morgan fingerprint density at radius 1 is 1.35 bits per heavy atom. The lowest BCUT2D eigenvalue weighted by Gasteiger charge is -2.21. The summed E-state index contributed by atoms with van der Waals surface area (Å²) in [4.78, 5) is 13.6. The first kappa shape index (κ1) is 13.5. The van der Waals surface area contributed by atoms with Crippen molar-refractivity contribution in [2.45, 2.75) is 39.2 Å². The van der Waals surface area contributed by atoms with Crippen molar-refractivity contribution in [1.82, 2.24) is 19.7 Å². The number of likely N-dealkylation sites (tertiary alicyclic amines) is 1. The number of carboxylic acid groups (broad SMARTS) is 1. The van der Waals surface area contributed by atoms with Gasteiger partial charge < -0.3 is 14.6 Å². The molecule has 0 radical (unpaired) electrons. The number of rotatable bonds is 4. The summed E-state index contributed by atoms with van der Waals surface area (Å²) in [5.74, 6) is 1.59. The molecular weight excluding hydrogens is 256 g/mol. The Labute approximate surface area is 118 Å². The highest BCUT2D eigenvalue weighted by Crippen LogP contribution is 2.24. The molecule has 6 heteroatoms. The van der Waals surface area contributed by atoms with Crippen LogP contribution in [0.25, 0.3) is 0 Å². The van der Waals surface area contributed by atoms with E-state index in [0.29, 0.717) is 18.9 Å². The second-order valence-electron chi connectivity index (χ2n) is 5.97. The highest BCUT2D eigenvalue weighted by atomic mass is 16.4. The number of aromatic nitrogens is 3. The number of carboxylic acids is 1. The van der Waals surface area contributed by atoms with Crippen LogP contribution in [0.3, 0.4) is 0 Å². The second-order valence-corrected chi connectivity index (χ2v) is 5.97. The molecular formula is C14H22N4O2. The largest absolute Gasteiger partial charge is 0.481 e. The molecule has 1 fully saturated rings. The molecule has 2 atom stereocenters. The van der Waals surface area contributed by atoms with Crippen LogP contribution in [0.1, 0.15) is 31.4 Å². The smallest absolute Gasteiger partial charge is 0.308 e. The molecule has 20 heavy (non-hydrogen) atoms. The zero-order valence-electron chi connectivity index (χ0n) is 12.0. The predicted molar refractivity (Wildman–Crippen MR) is 73.4 cm³/mol. The van der Waals surface area contributed by atoms with E-state index in [1.807, 2.05) is 0 Å². The molecule has 0 spiro atoms. The fourth-order valence-electron chi connectivity index (χ4n) is 3.36. The third kappa shape index (κ3) is 2.57. The van der Waals surface area contributed by atoms with Crippen LogP contribution >= 0.6 is 0 Å². The van der Waals surface area contributed by atoms with Crippen LogP contribution < -0.4 is 0 Å². The molecule has 1 aromatic rings. The van der Waals surface area contributed by atoms with E-state index >= 15 is 0 Å². The summed E-state index contributed by atoms with van der Waals surface area (Å²) in [7, 11) is 0. The number of carbonyl (C=O) groups is 1. The lowest BCUT2D eigenvalue weighted by Crippen LogP contribution is -2.28. The highest BCUT2D eigenvalue weighted by molar-refractivity contribution is 5.70. The van der Waals surface area contributed by atoms with Gasteiger partial charge in [-0.25, -0.2) is 0 Å². The molecule has 6 nitrogen and oxygen atoms in total. The van der Waals surface area contributed by atoms with E-state index in [9.17, 15) is 9.90 Å². The van der Waals surface area contributed by atoms with Gasteiger partial charge in [-0.05, 0) is 31.8 Å². The van der Waals surface area contributed by atoms with Crippen molar-refractivity contribution in [2.24, 2.45) is 11.8 Å². The van der Waals surface area contributed by atoms with Crippen LogP contribution in [0.15, 0.2) is 0 Å². The zero-order valence-corrected chi connectivity index (χ0v) is 12.0. The van der Waals surface area contributed by atoms with Gasteiger partial charge in [-0.1, -0.05) is 6.92 Å². The molecule has 0 bridgehead atoms. The van der Waals surface area contributed by atoms with Crippen molar-refractivity contribution in [1.29, 1.82) is 0 Å². The molecule has 0 saturated carbocycles. The maximum absolute atomic E-state index is 11.2. The fraction of sp³-hybridized carbons (Fsp3) is 0.786. The quantitative estimate of drug-likeness (QED) is 0.882. The van der Waals surface area contributed by atoms with Crippen molar-refractivity contribution >= 4 is 5.97 Å². The van der Waals surface area contributed by atoms with Crippen LogP contribution in [0, 0.1) is 11.8 Å². The molecule has 2 aliphatic rings. The summed E-state index contributed by atoms with van der Waals surface area (Å²) < 4.78 is 2.05. The number of aryl methyl sites for hydroxylation is 1. The first-order valence-electron chi connectivity index (χ1n) is 7.53. The van der Waals surface area contributed by atoms with Crippen LogP contribution in [-0.4, -0.2) is 50.4 Å². The van der Waals surface area contributed by atoms with Crippen molar-refractivity contribution in [3.63, 3.8) is 0 Å². The number of fused-ring (bicyclic) bond motifs is 1. The van der Waals surface area contributed by atoms with Crippen LogP contribution in [-0.2, 0) is 24.2 Å². The molecule has 0 aliphatic carbocycles. The van der Waals surface area contributed by atoms with E-state index in [2.05, 4.69) is 26.6 Å². The third-order valence-corrected chi connectivity index (χ3v) is 4.66. The van der Waals surface area contributed by atoms with Crippen molar-refractivity contribution in [3.05, 3.63) is 11.6 Å². The summed E-state index contributed by atoms with van der Waals surface area (Å²) in [6.45, 7) is 6.13. The van der Waals surface area contributed by atoms with Crippen molar-refractivity contribution in [2.75, 3.05) is 19.6 Å². The van der Waals surface area contributed by atoms with E-state index in [1.165, 1.54) is 13.0 Å². The van der Waals surface area contributed by atoms with Gasteiger partial charge in [0, 0.05) is 25.9 Å². The number of hydrogen-bond acceptors (Lipinski definition) is 4. The maximum Gasteiger partial charge on any atom is 0.308 e. The fourth-order valence-corrected chi connectivity index (χ4v) is 3.36. The molecule has 2 unspecified atom stereocenters. The average Bonchev–Trinajstić information content (AvgIpc) is 3.06. The molecule has 1 aromatic heterocycles. The van der Waals surface area contributed by atoms with Gasteiger partial charge >= 0.3 is 5.97 Å². The Morgan fingerprint density at radius 3 is 2.90 bits per heavy atom. The van der Waals surface area contributed by atoms with E-state index < -0.39 is 5.97 Å². The molecule has 3 rings (SSSR count). The number of nitrogens with zero attached hydrogens (tertiary/aromatic N) is 4. The molecule has 2 aliphatic heterocycles. The summed E-state index contributed by atoms with van der Waals surface area (Å²) in [6, 6.07) is 0. The standard InChI is InChI=1S/C14H22N4O2/c1-2-17-6-5-10(8-17)7-13-16-15-12-4-3-11(14(19)20)9-18(12)13/h10-11H,2-9H2,1H3,(H,19,20).